The highest BCUT2D eigenvalue weighted by Crippen LogP contribution is 2.18. The largest absolute Gasteiger partial charge is 0.496 e. The highest BCUT2D eigenvalue weighted by molar-refractivity contribution is 5.82. The first-order valence-electron chi connectivity index (χ1n) is 6.90. The lowest BCUT2D eigenvalue weighted by Crippen LogP contribution is -2.42. The minimum atomic E-state index is -0.411. The number of aliphatic hydroxyl groups is 1. The Morgan fingerprint density at radius 1 is 1.50 bits per heavy atom. The van der Waals surface area contributed by atoms with Gasteiger partial charge in [0.1, 0.15) is 5.75 Å². The Balaban J connectivity index is 1.88. The molecule has 2 N–H and O–H groups in total. The molecule has 5 heteroatoms. The predicted octanol–water partition coefficient (Wildman–Crippen LogP) is 0.419. The van der Waals surface area contributed by atoms with Gasteiger partial charge in [-0.3, -0.25) is 4.79 Å². The summed E-state index contributed by atoms with van der Waals surface area (Å²) in [6, 6.07) is 7.57. The van der Waals surface area contributed by atoms with Crippen LogP contribution >= 0.6 is 0 Å². The molecule has 0 bridgehead atoms. The van der Waals surface area contributed by atoms with Gasteiger partial charge >= 0.3 is 0 Å². The van der Waals surface area contributed by atoms with Crippen molar-refractivity contribution in [3.63, 3.8) is 0 Å². The molecule has 1 aliphatic heterocycles. The lowest BCUT2D eigenvalue weighted by atomic mass is 10.1. The van der Waals surface area contributed by atoms with Gasteiger partial charge in [-0.2, -0.15) is 0 Å². The van der Waals surface area contributed by atoms with Gasteiger partial charge in [-0.05, 0) is 24.5 Å². The number of aliphatic hydroxyl groups excluding tert-OH is 1. The average molecular weight is 278 g/mol. The van der Waals surface area contributed by atoms with Gasteiger partial charge in [0.05, 0.1) is 19.3 Å². The Labute approximate surface area is 119 Å². The first-order chi connectivity index (χ1) is 9.61. The van der Waals surface area contributed by atoms with Crippen LogP contribution in [0.1, 0.15) is 12.0 Å². The van der Waals surface area contributed by atoms with Crippen LogP contribution in [0.5, 0.6) is 5.75 Å². The molecule has 20 heavy (non-hydrogen) atoms. The van der Waals surface area contributed by atoms with Gasteiger partial charge in [0, 0.05) is 20.1 Å². The van der Waals surface area contributed by atoms with Crippen molar-refractivity contribution < 1.29 is 14.6 Å². The van der Waals surface area contributed by atoms with E-state index >= 15 is 0 Å². The van der Waals surface area contributed by atoms with E-state index in [0.717, 1.165) is 17.7 Å². The van der Waals surface area contributed by atoms with Gasteiger partial charge in [-0.1, -0.05) is 18.2 Å². The average Bonchev–Trinajstić information content (AvgIpc) is 2.90. The van der Waals surface area contributed by atoms with E-state index < -0.39 is 6.10 Å². The maximum Gasteiger partial charge on any atom is 0.239 e. The summed E-state index contributed by atoms with van der Waals surface area (Å²) in [5.74, 6) is 0.888. The number of carbonyl (C=O) groups excluding carboxylic acids is 1. The SMILES string of the molecule is COc1ccccc1CCN(C)C(=O)C1CC(O)CN1. The number of carbonyl (C=O) groups is 1. The van der Waals surface area contributed by atoms with Crippen LogP contribution in [0.15, 0.2) is 24.3 Å². The monoisotopic (exact) mass is 278 g/mol. The molecule has 1 fully saturated rings. The number of para-hydroxylation sites is 1. The van der Waals surface area contributed by atoms with Crippen molar-refractivity contribution in [2.45, 2.75) is 25.0 Å². The van der Waals surface area contributed by atoms with Crippen LogP contribution < -0.4 is 10.1 Å². The number of β-amino-alcohol motifs (C(OH)–C–C–N with tert-alkyl or cyclic N) is 1. The first kappa shape index (κ1) is 14.8. The summed E-state index contributed by atoms with van der Waals surface area (Å²) in [5, 5.41) is 12.5. The quantitative estimate of drug-likeness (QED) is 0.819. The van der Waals surface area contributed by atoms with Crippen LogP contribution in [0, 0.1) is 0 Å². The molecule has 0 aromatic heterocycles. The van der Waals surface area contributed by atoms with Crippen LogP contribution in [-0.4, -0.2) is 55.3 Å². The fraction of sp³-hybridized carbons (Fsp3) is 0.533. The van der Waals surface area contributed by atoms with E-state index in [2.05, 4.69) is 5.32 Å². The molecule has 5 nitrogen and oxygen atoms in total. The smallest absolute Gasteiger partial charge is 0.239 e. The highest BCUT2D eigenvalue weighted by atomic mass is 16.5. The number of nitrogens with zero attached hydrogens (tertiary/aromatic N) is 1. The van der Waals surface area contributed by atoms with Crippen molar-refractivity contribution >= 4 is 5.91 Å². The Morgan fingerprint density at radius 2 is 2.25 bits per heavy atom. The zero-order valence-electron chi connectivity index (χ0n) is 12.0. The highest BCUT2D eigenvalue weighted by Gasteiger charge is 2.29. The third-order valence-corrected chi connectivity index (χ3v) is 3.69. The fourth-order valence-electron chi connectivity index (χ4n) is 2.48. The lowest BCUT2D eigenvalue weighted by Gasteiger charge is -2.21. The molecule has 1 aromatic rings. The van der Waals surface area contributed by atoms with Crippen molar-refractivity contribution in [1.29, 1.82) is 0 Å². The number of hydrogen-bond donors (Lipinski definition) is 2. The summed E-state index contributed by atoms with van der Waals surface area (Å²) < 4.78 is 5.30. The molecule has 1 aliphatic rings. The third-order valence-electron chi connectivity index (χ3n) is 3.69. The van der Waals surface area contributed by atoms with Crippen molar-refractivity contribution in [1.82, 2.24) is 10.2 Å². The van der Waals surface area contributed by atoms with Crippen LogP contribution in [0.25, 0.3) is 0 Å². The van der Waals surface area contributed by atoms with Gasteiger partial charge in [-0.25, -0.2) is 0 Å². The molecule has 2 rings (SSSR count). The van der Waals surface area contributed by atoms with E-state index in [1.165, 1.54) is 0 Å². The molecule has 1 aromatic carbocycles. The van der Waals surface area contributed by atoms with E-state index in [1.54, 1.807) is 19.1 Å². The van der Waals surface area contributed by atoms with E-state index in [0.29, 0.717) is 19.5 Å². The second-order valence-electron chi connectivity index (χ2n) is 5.17. The van der Waals surface area contributed by atoms with Crippen LogP contribution in [-0.2, 0) is 11.2 Å². The minimum absolute atomic E-state index is 0.0384. The molecule has 0 spiro atoms. The molecule has 1 amide bonds. The molecule has 0 saturated carbocycles. The second kappa shape index (κ2) is 6.72. The Bertz CT molecular complexity index is 464. The molecule has 0 aliphatic carbocycles. The van der Waals surface area contributed by atoms with Crippen LogP contribution in [0.3, 0.4) is 0 Å². The predicted molar refractivity (Wildman–Crippen MR) is 76.7 cm³/mol. The number of likely N-dealkylation sites (N-methyl/N-ethyl adjacent to an activating group) is 1. The van der Waals surface area contributed by atoms with E-state index in [4.69, 9.17) is 4.74 Å². The zero-order chi connectivity index (χ0) is 14.5. The summed E-state index contributed by atoms with van der Waals surface area (Å²) in [4.78, 5) is 13.9. The van der Waals surface area contributed by atoms with Crippen molar-refractivity contribution in [2.24, 2.45) is 0 Å². The number of ether oxygens (including phenoxy) is 1. The molecule has 2 unspecified atom stereocenters. The first-order valence-corrected chi connectivity index (χ1v) is 6.90. The zero-order valence-corrected chi connectivity index (χ0v) is 12.0. The van der Waals surface area contributed by atoms with Crippen LogP contribution in [0.4, 0.5) is 0 Å². The molecule has 110 valence electrons. The molecule has 1 saturated heterocycles. The number of nitrogens with one attached hydrogen (secondary N) is 1. The fourth-order valence-corrected chi connectivity index (χ4v) is 2.48. The summed E-state index contributed by atoms with van der Waals surface area (Å²) in [6.45, 7) is 1.13. The Hall–Kier alpha value is -1.59. The Kier molecular flexibility index (Phi) is 4.98. The normalized spacial score (nSPS) is 21.8. The van der Waals surface area contributed by atoms with Gasteiger partial charge in [-0.15, -0.1) is 0 Å². The molecular weight excluding hydrogens is 256 g/mol. The Morgan fingerprint density at radius 3 is 2.90 bits per heavy atom. The molecule has 1 heterocycles. The number of methoxy groups -OCH3 is 1. The summed E-state index contributed by atoms with van der Waals surface area (Å²) in [6.07, 6.45) is 0.839. The molecule has 0 radical (unpaired) electrons. The van der Waals surface area contributed by atoms with Gasteiger partial charge in [0.2, 0.25) is 5.91 Å². The maximum absolute atomic E-state index is 12.2. The maximum atomic E-state index is 12.2. The topological polar surface area (TPSA) is 61.8 Å². The summed E-state index contributed by atoms with van der Waals surface area (Å²) in [7, 11) is 3.45. The minimum Gasteiger partial charge on any atom is -0.496 e. The van der Waals surface area contributed by atoms with Gasteiger partial charge in [0.15, 0.2) is 0 Å². The number of benzene rings is 1. The number of rotatable bonds is 5. The number of amides is 1. The summed E-state index contributed by atoms with van der Waals surface area (Å²) in [5.41, 5.74) is 1.09. The van der Waals surface area contributed by atoms with Crippen molar-refractivity contribution in [2.75, 3.05) is 27.2 Å². The van der Waals surface area contributed by atoms with Crippen LogP contribution in [0.2, 0.25) is 0 Å². The standard InChI is InChI=1S/C15H22N2O3/c1-17(15(19)13-9-12(18)10-16-13)8-7-11-5-3-4-6-14(11)20-2/h3-6,12-13,16,18H,7-10H2,1-2H3. The second-order valence-corrected chi connectivity index (χ2v) is 5.17. The van der Waals surface area contributed by atoms with E-state index in [1.807, 2.05) is 24.3 Å². The van der Waals surface area contributed by atoms with Gasteiger partial charge < -0.3 is 20.1 Å². The summed E-state index contributed by atoms with van der Waals surface area (Å²) >= 11 is 0. The van der Waals surface area contributed by atoms with Crippen molar-refractivity contribution in [3.8, 4) is 5.75 Å². The number of hydrogen-bond acceptors (Lipinski definition) is 4. The van der Waals surface area contributed by atoms with E-state index in [9.17, 15) is 9.90 Å². The molecule has 2 atom stereocenters. The van der Waals surface area contributed by atoms with Crippen molar-refractivity contribution in [3.05, 3.63) is 29.8 Å². The van der Waals surface area contributed by atoms with E-state index in [-0.39, 0.29) is 11.9 Å². The third kappa shape index (κ3) is 3.49. The molecular formula is C15H22N2O3. The van der Waals surface area contributed by atoms with Gasteiger partial charge in [0.25, 0.3) is 0 Å². The lowest BCUT2D eigenvalue weighted by molar-refractivity contribution is -0.131.